The van der Waals surface area contributed by atoms with E-state index in [0.717, 1.165) is 13.1 Å². The zero-order valence-electron chi connectivity index (χ0n) is 7.94. The second-order valence-electron chi connectivity index (χ2n) is 1.88. The first-order valence-electron chi connectivity index (χ1n) is 4.03. The normalized spacial score (nSPS) is 8.00. The van der Waals surface area contributed by atoms with Crippen LogP contribution in [0.1, 0.15) is 27.7 Å². The lowest BCUT2D eigenvalue weighted by molar-refractivity contribution is -0.140. The minimum atomic E-state index is -0.211. The van der Waals surface area contributed by atoms with Crippen molar-refractivity contribution < 1.29 is 9.53 Å². The Balaban J connectivity index is 0. The van der Waals surface area contributed by atoms with E-state index in [9.17, 15) is 4.79 Å². The predicted octanol–water partition coefficient (Wildman–Crippen LogP) is 1.19. The highest BCUT2D eigenvalue weighted by Crippen LogP contribution is 1.69. The van der Waals surface area contributed by atoms with E-state index in [2.05, 4.69) is 23.9 Å². The molecule has 0 aliphatic carbocycles. The Kier molecular flexibility index (Phi) is 14.4. The number of ether oxygens (including phenoxy) is 1. The molecule has 3 heteroatoms. The average molecular weight is 161 g/mol. The molecule has 0 bridgehead atoms. The minimum absolute atomic E-state index is 0.211. The summed E-state index contributed by atoms with van der Waals surface area (Å²) >= 11 is 0. The quantitative estimate of drug-likeness (QED) is 0.632. The van der Waals surface area contributed by atoms with Crippen molar-refractivity contribution in [2.24, 2.45) is 0 Å². The highest BCUT2D eigenvalue weighted by Gasteiger charge is 1.81. The number of rotatable bonds is 3. The summed E-state index contributed by atoms with van der Waals surface area (Å²) in [6.45, 7) is 10.0. The SMILES string of the molecule is CCNCC.CCOC(C)=O. The maximum absolute atomic E-state index is 9.82. The van der Waals surface area contributed by atoms with E-state index in [0.29, 0.717) is 6.61 Å². The molecule has 68 valence electrons. The Labute approximate surface area is 69.1 Å². The van der Waals surface area contributed by atoms with Crippen molar-refractivity contribution in [2.45, 2.75) is 27.7 Å². The van der Waals surface area contributed by atoms with Gasteiger partial charge in [0.05, 0.1) is 6.61 Å². The second-order valence-corrected chi connectivity index (χ2v) is 1.88. The smallest absolute Gasteiger partial charge is 0.302 e. The topological polar surface area (TPSA) is 38.3 Å². The Morgan fingerprint density at radius 3 is 1.73 bits per heavy atom. The van der Waals surface area contributed by atoms with Crippen molar-refractivity contribution in [1.29, 1.82) is 0 Å². The summed E-state index contributed by atoms with van der Waals surface area (Å²) in [4.78, 5) is 9.82. The summed E-state index contributed by atoms with van der Waals surface area (Å²) in [6, 6.07) is 0. The van der Waals surface area contributed by atoms with Crippen LogP contribution in [-0.2, 0) is 9.53 Å². The molecule has 0 atom stereocenters. The third-order valence-electron chi connectivity index (χ3n) is 0.848. The van der Waals surface area contributed by atoms with Gasteiger partial charge in [0.25, 0.3) is 0 Å². The van der Waals surface area contributed by atoms with Crippen molar-refractivity contribution in [3.63, 3.8) is 0 Å². The molecule has 0 aromatic rings. The maximum atomic E-state index is 9.82. The van der Waals surface area contributed by atoms with Crippen LogP contribution in [0.5, 0.6) is 0 Å². The lowest BCUT2D eigenvalue weighted by atomic mass is 10.7. The van der Waals surface area contributed by atoms with Crippen molar-refractivity contribution in [2.75, 3.05) is 19.7 Å². The van der Waals surface area contributed by atoms with Crippen molar-refractivity contribution in [1.82, 2.24) is 5.32 Å². The first kappa shape index (κ1) is 13.1. The van der Waals surface area contributed by atoms with Gasteiger partial charge >= 0.3 is 5.97 Å². The largest absolute Gasteiger partial charge is 0.466 e. The number of carbonyl (C=O) groups is 1. The summed E-state index contributed by atoms with van der Waals surface area (Å²) in [5, 5.41) is 3.11. The van der Waals surface area contributed by atoms with E-state index in [1.165, 1.54) is 6.92 Å². The Morgan fingerprint density at radius 2 is 1.73 bits per heavy atom. The zero-order chi connectivity index (χ0) is 9.11. The van der Waals surface area contributed by atoms with Gasteiger partial charge < -0.3 is 10.1 Å². The molecular weight excluding hydrogens is 142 g/mol. The fourth-order valence-electron chi connectivity index (χ4n) is 0.453. The standard InChI is InChI=1S/C4H11N.C4H8O2/c1-3-5-4-2;1-3-6-4(2)5/h5H,3-4H2,1-2H3;3H2,1-2H3. The van der Waals surface area contributed by atoms with Crippen LogP contribution in [0.25, 0.3) is 0 Å². The number of esters is 1. The van der Waals surface area contributed by atoms with Crippen LogP contribution in [0, 0.1) is 0 Å². The molecular formula is C8H19NO2. The van der Waals surface area contributed by atoms with Crippen LogP contribution in [-0.4, -0.2) is 25.7 Å². The molecule has 1 N–H and O–H groups in total. The lowest BCUT2D eigenvalue weighted by Gasteiger charge is -1.89. The first-order chi connectivity index (χ1) is 5.18. The Bertz CT molecular complexity index is 82.2. The van der Waals surface area contributed by atoms with Gasteiger partial charge in [0, 0.05) is 6.92 Å². The fourth-order valence-corrected chi connectivity index (χ4v) is 0.453. The van der Waals surface area contributed by atoms with Crippen LogP contribution >= 0.6 is 0 Å². The molecule has 3 nitrogen and oxygen atoms in total. The van der Waals surface area contributed by atoms with Crippen LogP contribution < -0.4 is 5.32 Å². The summed E-state index contributed by atoms with van der Waals surface area (Å²) < 4.78 is 4.40. The third kappa shape index (κ3) is 26.5. The fraction of sp³-hybridized carbons (Fsp3) is 0.875. The molecule has 0 spiro atoms. The van der Waals surface area contributed by atoms with Gasteiger partial charge in [0.2, 0.25) is 0 Å². The van der Waals surface area contributed by atoms with Crippen LogP contribution in [0.3, 0.4) is 0 Å². The van der Waals surface area contributed by atoms with Gasteiger partial charge in [0.15, 0.2) is 0 Å². The molecule has 0 rings (SSSR count). The summed E-state index contributed by atoms with van der Waals surface area (Å²) in [6.07, 6.45) is 0. The molecule has 0 aliphatic rings. The predicted molar refractivity (Wildman–Crippen MR) is 46.5 cm³/mol. The van der Waals surface area contributed by atoms with E-state index in [4.69, 9.17) is 0 Å². The van der Waals surface area contributed by atoms with Crippen LogP contribution in [0.4, 0.5) is 0 Å². The number of hydrogen-bond acceptors (Lipinski definition) is 3. The van der Waals surface area contributed by atoms with Gasteiger partial charge in [-0.2, -0.15) is 0 Å². The van der Waals surface area contributed by atoms with E-state index < -0.39 is 0 Å². The van der Waals surface area contributed by atoms with Crippen LogP contribution in [0.15, 0.2) is 0 Å². The van der Waals surface area contributed by atoms with E-state index in [1.807, 2.05) is 0 Å². The zero-order valence-corrected chi connectivity index (χ0v) is 7.94. The number of hydrogen-bond donors (Lipinski definition) is 1. The molecule has 0 aromatic carbocycles. The Morgan fingerprint density at radius 1 is 1.27 bits per heavy atom. The molecule has 0 aliphatic heterocycles. The van der Waals surface area contributed by atoms with Gasteiger partial charge in [-0.15, -0.1) is 0 Å². The van der Waals surface area contributed by atoms with Crippen LogP contribution in [0.2, 0.25) is 0 Å². The highest BCUT2D eigenvalue weighted by atomic mass is 16.5. The van der Waals surface area contributed by atoms with Gasteiger partial charge in [-0.25, -0.2) is 0 Å². The first-order valence-corrected chi connectivity index (χ1v) is 4.03. The monoisotopic (exact) mass is 161 g/mol. The average Bonchev–Trinajstić information content (AvgIpc) is 1.90. The van der Waals surface area contributed by atoms with Crippen molar-refractivity contribution >= 4 is 5.97 Å². The minimum Gasteiger partial charge on any atom is -0.466 e. The van der Waals surface area contributed by atoms with Gasteiger partial charge in [-0.05, 0) is 20.0 Å². The number of nitrogens with one attached hydrogen (secondary N) is 1. The molecule has 0 radical (unpaired) electrons. The molecule has 0 aromatic heterocycles. The van der Waals surface area contributed by atoms with E-state index in [-0.39, 0.29) is 5.97 Å². The second kappa shape index (κ2) is 12.1. The number of carbonyl (C=O) groups excluding carboxylic acids is 1. The highest BCUT2D eigenvalue weighted by molar-refractivity contribution is 5.65. The van der Waals surface area contributed by atoms with Crippen molar-refractivity contribution in [3.8, 4) is 0 Å². The van der Waals surface area contributed by atoms with Gasteiger partial charge in [0.1, 0.15) is 0 Å². The van der Waals surface area contributed by atoms with Gasteiger partial charge in [-0.1, -0.05) is 13.8 Å². The molecule has 0 saturated heterocycles. The maximum Gasteiger partial charge on any atom is 0.302 e. The summed E-state index contributed by atoms with van der Waals surface area (Å²) in [7, 11) is 0. The molecule has 0 amide bonds. The third-order valence-corrected chi connectivity index (χ3v) is 0.848. The van der Waals surface area contributed by atoms with E-state index in [1.54, 1.807) is 6.92 Å². The molecule has 0 fully saturated rings. The molecule has 0 heterocycles. The Hall–Kier alpha value is -0.570. The lowest BCUT2D eigenvalue weighted by Crippen LogP contribution is -2.09. The van der Waals surface area contributed by atoms with E-state index >= 15 is 0 Å². The summed E-state index contributed by atoms with van der Waals surface area (Å²) in [5.74, 6) is -0.211. The van der Waals surface area contributed by atoms with Gasteiger partial charge in [-0.3, -0.25) is 4.79 Å². The molecule has 0 saturated carbocycles. The molecule has 0 unspecified atom stereocenters. The summed E-state index contributed by atoms with van der Waals surface area (Å²) in [5.41, 5.74) is 0. The molecule has 11 heavy (non-hydrogen) atoms. The van der Waals surface area contributed by atoms with Crippen molar-refractivity contribution in [3.05, 3.63) is 0 Å².